The van der Waals surface area contributed by atoms with E-state index in [0.717, 1.165) is 22.7 Å². The second-order valence-electron chi connectivity index (χ2n) is 12.6. The summed E-state index contributed by atoms with van der Waals surface area (Å²) >= 11 is 0. The molecule has 9 rings (SSSR count). The Morgan fingerprint density at radius 2 is 0.880 bits per heavy atom. The van der Waals surface area contributed by atoms with Crippen molar-refractivity contribution in [2.45, 2.75) is 0 Å². The minimum atomic E-state index is 1.11. The number of para-hydroxylation sites is 4. The van der Waals surface area contributed by atoms with Gasteiger partial charge in [-0.3, -0.25) is 0 Å². The molecule has 50 heavy (non-hydrogen) atoms. The molecule has 0 aliphatic heterocycles. The number of benzene rings is 8. The number of hydrogen-bond donors (Lipinski definition) is 0. The molecule has 0 atom stereocenters. The minimum absolute atomic E-state index is 1.11. The monoisotopic (exact) mass is 638 g/mol. The molecule has 0 aliphatic rings. The van der Waals surface area contributed by atoms with E-state index in [4.69, 9.17) is 0 Å². The number of nitrogens with zero attached hydrogens (tertiary/aromatic N) is 2. The van der Waals surface area contributed by atoms with E-state index in [1.807, 2.05) is 0 Å². The van der Waals surface area contributed by atoms with Gasteiger partial charge in [0, 0.05) is 33.4 Å². The van der Waals surface area contributed by atoms with Crippen LogP contribution in [0.4, 0.5) is 17.1 Å². The Bertz CT molecular complexity index is 2580. The second kappa shape index (κ2) is 12.8. The van der Waals surface area contributed by atoms with Gasteiger partial charge in [-0.05, 0) is 88.5 Å². The topological polar surface area (TPSA) is 8.17 Å². The van der Waals surface area contributed by atoms with Gasteiger partial charge in [0.15, 0.2) is 0 Å². The van der Waals surface area contributed by atoms with Crippen LogP contribution in [0.25, 0.3) is 60.9 Å². The van der Waals surface area contributed by atoms with E-state index < -0.39 is 0 Å². The van der Waals surface area contributed by atoms with Crippen molar-refractivity contribution in [3.05, 3.63) is 206 Å². The summed E-state index contributed by atoms with van der Waals surface area (Å²) in [5.41, 5.74) is 14.1. The number of rotatable bonds is 7. The Labute approximate surface area is 292 Å². The average molecular weight is 639 g/mol. The van der Waals surface area contributed by atoms with Crippen LogP contribution in [-0.2, 0) is 0 Å². The largest absolute Gasteiger partial charge is 0.310 e. The zero-order chi connectivity index (χ0) is 33.3. The van der Waals surface area contributed by atoms with Gasteiger partial charge in [-0.15, -0.1) is 0 Å². The third kappa shape index (κ3) is 5.24. The van der Waals surface area contributed by atoms with Crippen molar-refractivity contribution in [3.8, 4) is 39.1 Å². The molecule has 236 valence electrons. The van der Waals surface area contributed by atoms with Crippen molar-refractivity contribution in [1.82, 2.24) is 4.57 Å². The zero-order valence-corrected chi connectivity index (χ0v) is 27.5. The summed E-state index contributed by atoms with van der Waals surface area (Å²) < 4.78 is 2.38. The van der Waals surface area contributed by atoms with Crippen LogP contribution in [0.3, 0.4) is 0 Å². The van der Waals surface area contributed by atoms with Gasteiger partial charge in [0.05, 0.1) is 16.7 Å². The molecular weight excluding hydrogens is 605 g/mol. The Kier molecular flexibility index (Phi) is 7.53. The first-order valence-corrected chi connectivity index (χ1v) is 17.1. The van der Waals surface area contributed by atoms with Crippen LogP contribution in [0.15, 0.2) is 206 Å². The van der Waals surface area contributed by atoms with E-state index >= 15 is 0 Å². The predicted octanol–water partition coefficient (Wildman–Crippen LogP) is 13.3. The molecule has 0 N–H and O–H groups in total. The molecule has 1 heterocycles. The van der Waals surface area contributed by atoms with Crippen molar-refractivity contribution in [3.63, 3.8) is 0 Å². The zero-order valence-electron chi connectivity index (χ0n) is 27.5. The van der Waals surface area contributed by atoms with E-state index in [1.54, 1.807) is 0 Å². The highest BCUT2D eigenvalue weighted by Crippen LogP contribution is 2.44. The van der Waals surface area contributed by atoms with Crippen LogP contribution in [-0.4, -0.2) is 4.57 Å². The smallest absolute Gasteiger partial charge is 0.0547 e. The average Bonchev–Trinajstić information content (AvgIpc) is 3.54. The maximum absolute atomic E-state index is 2.38. The maximum atomic E-state index is 2.38. The van der Waals surface area contributed by atoms with E-state index in [2.05, 4.69) is 216 Å². The number of hydrogen-bond acceptors (Lipinski definition) is 1. The summed E-state index contributed by atoms with van der Waals surface area (Å²) in [6.45, 7) is 0. The Morgan fingerprint density at radius 1 is 0.340 bits per heavy atom. The fraction of sp³-hybridized carbons (Fsp3) is 0. The van der Waals surface area contributed by atoms with Gasteiger partial charge in [-0.1, -0.05) is 146 Å². The van der Waals surface area contributed by atoms with Gasteiger partial charge in [0.2, 0.25) is 0 Å². The van der Waals surface area contributed by atoms with Gasteiger partial charge >= 0.3 is 0 Å². The first kappa shape index (κ1) is 29.5. The van der Waals surface area contributed by atoms with E-state index in [0.29, 0.717) is 0 Å². The van der Waals surface area contributed by atoms with Gasteiger partial charge < -0.3 is 9.47 Å². The maximum Gasteiger partial charge on any atom is 0.0547 e. The molecule has 0 radical (unpaired) electrons. The number of fused-ring (bicyclic) bond motifs is 3. The molecular formula is C48H34N2. The molecule has 0 aliphatic carbocycles. The highest BCUT2D eigenvalue weighted by atomic mass is 15.1. The first-order chi connectivity index (χ1) is 24.8. The van der Waals surface area contributed by atoms with E-state index in [-0.39, 0.29) is 0 Å². The molecule has 0 saturated heterocycles. The summed E-state index contributed by atoms with van der Waals surface area (Å²) in [6, 6.07) is 74.0. The van der Waals surface area contributed by atoms with Gasteiger partial charge in [-0.25, -0.2) is 0 Å². The fourth-order valence-corrected chi connectivity index (χ4v) is 7.34. The quantitative estimate of drug-likeness (QED) is 0.169. The Hall–Kier alpha value is -6.64. The molecule has 0 saturated carbocycles. The van der Waals surface area contributed by atoms with Crippen LogP contribution in [0.1, 0.15) is 0 Å². The van der Waals surface area contributed by atoms with Crippen molar-refractivity contribution in [2.75, 3.05) is 4.90 Å². The van der Waals surface area contributed by atoms with Crippen molar-refractivity contribution in [2.24, 2.45) is 0 Å². The van der Waals surface area contributed by atoms with E-state index in [1.165, 1.54) is 55.2 Å². The molecule has 9 aromatic rings. The minimum Gasteiger partial charge on any atom is -0.310 e. The second-order valence-corrected chi connectivity index (χ2v) is 12.6. The standard InChI is InChI=1S/C48H34N2/c1-4-17-35(18-5-1)36-19-15-26-41(34-36)49(39-22-6-2-7-23-39)45-30-12-10-27-42(45)37-20-14-21-38(33-37)43-29-16-32-47-48(43)44-28-11-13-31-46(44)50(47)40-24-8-3-9-25-40/h1-34H. The third-order valence-corrected chi connectivity index (χ3v) is 9.57. The molecule has 1 aromatic heterocycles. The predicted molar refractivity (Wildman–Crippen MR) is 212 cm³/mol. The third-order valence-electron chi connectivity index (χ3n) is 9.57. The number of aromatic nitrogens is 1. The first-order valence-electron chi connectivity index (χ1n) is 17.1. The summed E-state index contributed by atoms with van der Waals surface area (Å²) in [5, 5.41) is 2.52. The van der Waals surface area contributed by atoms with Gasteiger partial charge in [0.25, 0.3) is 0 Å². The summed E-state index contributed by atoms with van der Waals surface area (Å²) in [7, 11) is 0. The van der Waals surface area contributed by atoms with Crippen LogP contribution >= 0.6 is 0 Å². The molecule has 2 nitrogen and oxygen atoms in total. The summed E-state index contributed by atoms with van der Waals surface area (Å²) in [4.78, 5) is 2.38. The fourth-order valence-electron chi connectivity index (χ4n) is 7.34. The Balaban J connectivity index is 1.21. The van der Waals surface area contributed by atoms with Crippen LogP contribution in [0, 0.1) is 0 Å². The molecule has 0 spiro atoms. The molecule has 0 bridgehead atoms. The van der Waals surface area contributed by atoms with E-state index in [9.17, 15) is 0 Å². The molecule has 0 unspecified atom stereocenters. The lowest BCUT2D eigenvalue weighted by molar-refractivity contribution is 1.18. The molecule has 2 heteroatoms. The highest BCUT2D eigenvalue weighted by molar-refractivity contribution is 6.16. The lowest BCUT2D eigenvalue weighted by Crippen LogP contribution is -2.11. The SMILES string of the molecule is c1ccc(-c2cccc(N(c3ccccc3)c3ccccc3-c3cccc(-c4cccc5c4c4ccccc4n5-c4ccccc4)c3)c2)cc1. The summed E-state index contributed by atoms with van der Waals surface area (Å²) in [6.07, 6.45) is 0. The van der Waals surface area contributed by atoms with Crippen LogP contribution in [0.5, 0.6) is 0 Å². The van der Waals surface area contributed by atoms with Crippen molar-refractivity contribution >= 4 is 38.9 Å². The summed E-state index contributed by atoms with van der Waals surface area (Å²) in [5.74, 6) is 0. The molecule has 0 fully saturated rings. The molecule has 8 aromatic carbocycles. The highest BCUT2D eigenvalue weighted by Gasteiger charge is 2.19. The number of anilines is 3. The lowest BCUT2D eigenvalue weighted by Gasteiger charge is -2.28. The van der Waals surface area contributed by atoms with Crippen molar-refractivity contribution in [1.29, 1.82) is 0 Å². The van der Waals surface area contributed by atoms with Crippen molar-refractivity contribution < 1.29 is 0 Å². The van der Waals surface area contributed by atoms with Crippen LogP contribution < -0.4 is 4.90 Å². The van der Waals surface area contributed by atoms with Crippen LogP contribution in [0.2, 0.25) is 0 Å². The normalized spacial score (nSPS) is 11.2. The van der Waals surface area contributed by atoms with Gasteiger partial charge in [0.1, 0.15) is 0 Å². The van der Waals surface area contributed by atoms with Gasteiger partial charge in [-0.2, -0.15) is 0 Å². The Morgan fingerprint density at radius 3 is 1.70 bits per heavy atom. The lowest BCUT2D eigenvalue weighted by atomic mass is 9.94. The molecule has 0 amide bonds.